The Labute approximate surface area is 397 Å². The Morgan fingerprint density at radius 2 is 0.507 bits per heavy atom. The van der Waals surface area contributed by atoms with Crippen molar-refractivity contribution in [2.75, 3.05) is 21.3 Å². The molecular weight excluding hydrogens is 1000 g/mol. The normalized spacial score (nSPS) is 13.3. The lowest BCUT2D eigenvalue weighted by molar-refractivity contribution is 0.0439. The van der Waals surface area contributed by atoms with Crippen molar-refractivity contribution in [2.45, 2.75) is 0 Å². The van der Waals surface area contributed by atoms with Crippen LogP contribution in [0.5, 0.6) is 23.0 Å². The second-order valence-electron chi connectivity index (χ2n) is 14.9. The van der Waals surface area contributed by atoms with Gasteiger partial charge in [0.05, 0.1) is 33.6 Å². The van der Waals surface area contributed by atoms with Gasteiger partial charge in [-0.1, -0.05) is 0 Å². The van der Waals surface area contributed by atoms with Gasteiger partial charge in [-0.25, -0.2) is 72.1 Å². The van der Waals surface area contributed by atoms with Crippen molar-refractivity contribution in [3.63, 3.8) is 0 Å². The van der Waals surface area contributed by atoms with Crippen LogP contribution in [0.15, 0.2) is 97.1 Å². The number of cyclic esters (lactones) is 2. The maximum absolute atomic E-state index is 14.2. The third-order valence-corrected chi connectivity index (χ3v) is 10.5. The van der Waals surface area contributed by atoms with Gasteiger partial charge >= 0.3 is 11.9 Å². The highest BCUT2D eigenvalue weighted by molar-refractivity contribution is 6.35. The Hall–Kier alpha value is -9.68. The van der Waals surface area contributed by atoms with Gasteiger partial charge in [-0.15, -0.1) is 0 Å². The van der Waals surface area contributed by atoms with Crippen LogP contribution in [0.2, 0.25) is 0 Å². The number of carbonyl (C=O) groups is 6. The number of nitrogens with two attached hydrogens (primary N) is 2. The number of amides is 4. The summed E-state index contributed by atoms with van der Waals surface area (Å²) in [4.78, 5) is 72.5. The third-order valence-electron chi connectivity index (χ3n) is 10.5. The molecule has 0 unspecified atom stereocenters. The van der Waals surface area contributed by atoms with Crippen molar-refractivity contribution in [2.24, 2.45) is 0 Å². The molecule has 3 aliphatic heterocycles. The van der Waals surface area contributed by atoms with Crippen LogP contribution in [-0.4, -0.2) is 35.6 Å². The molecule has 13 nitrogen and oxygen atoms in total. The lowest BCUT2D eigenvalue weighted by Crippen LogP contribution is -2.29. The van der Waals surface area contributed by atoms with E-state index >= 15 is 0 Å². The summed E-state index contributed by atoms with van der Waals surface area (Å²) in [6.07, 6.45) is 0. The number of halogens is 12. The minimum absolute atomic E-state index is 0.0541. The first-order valence-electron chi connectivity index (χ1n) is 19.9. The van der Waals surface area contributed by atoms with Crippen LogP contribution in [0.4, 0.5) is 75.4 Å². The quantitative estimate of drug-likeness (QED) is 0.0307. The second-order valence-corrected chi connectivity index (χ2v) is 14.9. The van der Waals surface area contributed by atoms with E-state index in [-0.39, 0.29) is 22.9 Å². The maximum Gasteiger partial charge on any atom is 0.350 e. The van der Waals surface area contributed by atoms with Gasteiger partial charge in [0, 0.05) is 11.4 Å². The van der Waals surface area contributed by atoms with Gasteiger partial charge in [0.2, 0.25) is 0 Å². The van der Waals surface area contributed by atoms with E-state index < -0.39 is 139 Å². The Bertz CT molecular complexity index is 3220. The SMILES string of the molecule is Nc1ccc(Oc2ccc(N)cc2)cc1.O=C1OC(=O)c2c(F)c(F)c(F)c(F)c21.O=C1c2c(F)c(F)c(F)c(F)c2C(=O)N1c1ccc(Oc2ccc(N3C(=O)c4c(F)c(F)c(F)c(F)c4C3=O)cc2)cc1. The summed E-state index contributed by atoms with van der Waals surface area (Å²) in [6, 6.07) is 23.8. The van der Waals surface area contributed by atoms with E-state index in [1.165, 1.54) is 24.3 Å². The average Bonchev–Trinajstić information content (AvgIpc) is 3.94. The molecule has 0 atom stereocenters. The molecule has 0 aromatic heterocycles. The fraction of sp³-hybridized carbons (Fsp3) is 0. The van der Waals surface area contributed by atoms with Gasteiger partial charge in [0.25, 0.3) is 23.6 Å². The molecule has 0 saturated carbocycles. The zero-order valence-electron chi connectivity index (χ0n) is 35.5. The predicted octanol–water partition coefficient (Wildman–Crippen LogP) is 10.4. The molecule has 0 spiro atoms. The molecule has 0 aliphatic carbocycles. The molecule has 370 valence electrons. The monoisotopic (exact) mass is 1020 g/mol. The Kier molecular flexibility index (Phi) is 12.9. The van der Waals surface area contributed by atoms with E-state index in [4.69, 9.17) is 20.9 Å². The fourth-order valence-corrected chi connectivity index (χ4v) is 7.04. The van der Waals surface area contributed by atoms with E-state index in [1.807, 2.05) is 24.3 Å². The van der Waals surface area contributed by atoms with Crippen LogP contribution in [0, 0.1) is 69.8 Å². The number of fused-ring (bicyclic) bond motifs is 3. The lowest BCUT2D eigenvalue weighted by atomic mass is 10.1. The lowest BCUT2D eigenvalue weighted by Gasteiger charge is -2.16. The van der Waals surface area contributed by atoms with Gasteiger partial charge < -0.3 is 25.7 Å². The first-order valence-corrected chi connectivity index (χ1v) is 19.9. The highest BCUT2D eigenvalue weighted by Gasteiger charge is 2.46. The molecule has 25 heteroatoms. The van der Waals surface area contributed by atoms with Gasteiger partial charge in [-0.3, -0.25) is 19.2 Å². The molecule has 0 bridgehead atoms. The Morgan fingerprint density at radius 3 is 0.740 bits per heavy atom. The number of esters is 2. The van der Waals surface area contributed by atoms with Crippen molar-refractivity contribution in [3.05, 3.63) is 200 Å². The number of hydrogen-bond donors (Lipinski definition) is 2. The molecule has 4 N–H and O–H groups in total. The number of carbonyl (C=O) groups excluding carboxylic acids is 6. The molecule has 7 aromatic carbocycles. The van der Waals surface area contributed by atoms with Crippen molar-refractivity contribution in [3.8, 4) is 23.0 Å². The molecule has 0 radical (unpaired) electrons. The van der Waals surface area contributed by atoms with Crippen LogP contribution in [-0.2, 0) is 4.74 Å². The molecule has 0 saturated heterocycles. The largest absolute Gasteiger partial charge is 0.457 e. The maximum atomic E-state index is 14.2. The topological polar surface area (TPSA) is 189 Å². The van der Waals surface area contributed by atoms with Crippen molar-refractivity contribution < 1.29 is 95.7 Å². The number of nitrogens with zero attached hydrogens (tertiary/aromatic N) is 2. The molecule has 10 rings (SSSR count). The van der Waals surface area contributed by atoms with E-state index in [2.05, 4.69) is 4.74 Å². The highest BCUT2D eigenvalue weighted by Crippen LogP contribution is 2.38. The third kappa shape index (κ3) is 8.61. The molecule has 0 fully saturated rings. The Morgan fingerprint density at radius 1 is 0.301 bits per heavy atom. The average molecular weight is 1020 g/mol. The predicted molar refractivity (Wildman–Crippen MR) is 226 cm³/mol. The molecular formula is C48H20F12N4O9. The zero-order valence-corrected chi connectivity index (χ0v) is 35.5. The number of imide groups is 2. The van der Waals surface area contributed by atoms with Crippen LogP contribution in [0.3, 0.4) is 0 Å². The van der Waals surface area contributed by atoms with Crippen LogP contribution >= 0.6 is 0 Å². The number of ether oxygens (including phenoxy) is 3. The minimum atomic E-state index is -2.25. The van der Waals surface area contributed by atoms with Crippen molar-refractivity contribution in [1.82, 2.24) is 0 Å². The number of nitrogen functional groups attached to an aromatic ring is 2. The van der Waals surface area contributed by atoms with Crippen LogP contribution < -0.4 is 30.7 Å². The van der Waals surface area contributed by atoms with Gasteiger partial charge in [0.1, 0.15) is 34.1 Å². The van der Waals surface area contributed by atoms with E-state index in [0.717, 1.165) is 47.1 Å². The summed E-state index contributed by atoms with van der Waals surface area (Å²) in [7, 11) is 0. The van der Waals surface area contributed by atoms with Crippen molar-refractivity contribution >= 4 is 58.3 Å². The summed E-state index contributed by atoms with van der Waals surface area (Å²) in [6.45, 7) is 0. The molecule has 3 heterocycles. The van der Waals surface area contributed by atoms with Crippen LogP contribution in [0.25, 0.3) is 0 Å². The smallest absolute Gasteiger partial charge is 0.350 e. The highest BCUT2D eigenvalue weighted by atomic mass is 19.2. The zero-order chi connectivity index (χ0) is 53.1. The summed E-state index contributed by atoms with van der Waals surface area (Å²) >= 11 is 0. The van der Waals surface area contributed by atoms with Gasteiger partial charge in [-0.2, -0.15) is 0 Å². The van der Waals surface area contributed by atoms with E-state index in [1.54, 1.807) is 24.3 Å². The number of anilines is 4. The Balaban J connectivity index is 0.000000191. The first-order chi connectivity index (χ1) is 34.5. The minimum Gasteiger partial charge on any atom is -0.457 e. The molecule has 4 amide bonds. The molecule has 73 heavy (non-hydrogen) atoms. The fourth-order valence-electron chi connectivity index (χ4n) is 7.04. The number of rotatable bonds is 6. The molecule has 3 aliphatic rings. The summed E-state index contributed by atoms with van der Waals surface area (Å²) in [5, 5.41) is 0. The first kappa shape index (κ1) is 49.7. The summed E-state index contributed by atoms with van der Waals surface area (Å²) in [5.74, 6) is -32.4. The second kappa shape index (κ2) is 18.9. The van der Waals surface area contributed by atoms with Gasteiger partial charge in [-0.05, 0) is 97.1 Å². The molecule has 7 aromatic rings. The number of hydrogen-bond acceptors (Lipinski definition) is 11. The van der Waals surface area contributed by atoms with Gasteiger partial charge in [0.15, 0.2) is 69.8 Å². The standard InChI is InChI=1S/C28H8F8N2O5.C12H12N2O.C8F4O3/c29-17-13-14(18(30)22(34)21(17)33)26(40)37(25(13)39)9-1-5-11(6-2-9)43-12-7-3-10(4-8-12)38-27(41)15-16(28(38)42)20(32)24(36)23(35)19(15)31;13-9-1-5-11(6-2-9)15-12-7-3-10(14)4-8-12;9-3-1-2(8(14)15-7(1)13)4(10)6(12)5(3)11/h1-8H;1-8H,13-14H2;. The van der Waals surface area contributed by atoms with Crippen LogP contribution in [0.1, 0.15) is 62.1 Å². The van der Waals surface area contributed by atoms with E-state index in [9.17, 15) is 81.5 Å². The van der Waals surface area contributed by atoms with E-state index in [0.29, 0.717) is 9.80 Å². The summed E-state index contributed by atoms with van der Waals surface area (Å²) < 4.78 is 177. The number of benzene rings is 7. The summed E-state index contributed by atoms with van der Waals surface area (Å²) in [5.41, 5.74) is 4.64. The van der Waals surface area contributed by atoms with Crippen molar-refractivity contribution in [1.29, 1.82) is 0 Å².